The standard InChI is InChI=1S/C17H21NO2S2/c19-17(13-16-4-2-12-22-16)18(14-6-9-20-10-7-14)8-5-15-3-1-11-21-15/h1-4,11-12,14H,5-10,13H2. The van der Waals surface area contributed by atoms with Gasteiger partial charge in [-0.1, -0.05) is 12.1 Å². The van der Waals surface area contributed by atoms with Crippen LogP contribution in [-0.4, -0.2) is 36.6 Å². The monoisotopic (exact) mass is 335 g/mol. The molecule has 118 valence electrons. The van der Waals surface area contributed by atoms with Crippen molar-refractivity contribution >= 4 is 28.6 Å². The number of hydrogen-bond donors (Lipinski definition) is 0. The molecule has 3 rings (SSSR count). The van der Waals surface area contributed by atoms with Gasteiger partial charge in [-0.25, -0.2) is 0 Å². The van der Waals surface area contributed by atoms with Crippen LogP contribution >= 0.6 is 22.7 Å². The molecule has 1 aliphatic heterocycles. The van der Waals surface area contributed by atoms with Crippen molar-refractivity contribution in [3.8, 4) is 0 Å². The SMILES string of the molecule is O=C(Cc1cccs1)N(CCc1cccs1)C1CCOCC1. The third-order valence-corrected chi connectivity index (χ3v) is 5.85. The minimum absolute atomic E-state index is 0.255. The van der Waals surface area contributed by atoms with E-state index in [0.717, 1.165) is 43.9 Å². The third kappa shape index (κ3) is 4.18. The minimum Gasteiger partial charge on any atom is -0.381 e. The summed E-state index contributed by atoms with van der Waals surface area (Å²) in [5.74, 6) is 0.255. The lowest BCUT2D eigenvalue weighted by Gasteiger charge is -2.34. The van der Waals surface area contributed by atoms with Gasteiger partial charge in [0.05, 0.1) is 6.42 Å². The number of carbonyl (C=O) groups is 1. The topological polar surface area (TPSA) is 29.5 Å². The summed E-state index contributed by atoms with van der Waals surface area (Å²) in [5.41, 5.74) is 0. The van der Waals surface area contributed by atoms with Gasteiger partial charge in [-0.15, -0.1) is 22.7 Å². The van der Waals surface area contributed by atoms with Crippen LogP contribution in [0.5, 0.6) is 0 Å². The molecule has 22 heavy (non-hydrogen) atoms. The summed E-state index contributed by atoms with van der Waals surface area (Å²) in [7, 11) is 0. The van der Waals surface area contributed by atoms with Gasteiger partial charge >= 0.3 is 0 Å². The van der Waals surface area contributed by atoms with Crippen molar-refractivity contribution in [1.82, 2.24) is 4.90 Å². The van der Waals surface area contributed by atoms with Gasteiger partial charge in [-0.05, 0) is 42.2 Å². The highest BCUT2D eigenvalue weighted by Crippen LogP contribution is 2.19. The summed E-state index contributed by atoms with van der Waals surface area (Å²) in [6, 6.07) is 8.62. The lowest BCUT2D eigenvalue weighted by molar-refractivity contribution is -0.134. The number of amides is 1. The van der Waals surface area contributed by atoms with Gasteiger partial charge in [0.1, 0.15) is 0 Å². The Morgan fingerprint density at radius 1 is 1.14 bits per heavy atom. The fourth-order valence-corrected chi connectivity index (χ4v) is 4.25. The Morgan fingerprint density at radius 2 is 1.82 bits per heavy atom. The summed E-state index contributed by atoms with van der Waals surface area (Å²) in [6.07, 6.45) is 3.39. The Labute approximate surface area is 139 Å². The van der Waals surface area contributed by atoms with Gasteiger partial charge in [-0.2, -0.15) is 0 Å². The van der Waals surface area contributed by atoms with E-state index in [1.807, 2.05) is 17.5 Å². The number of hydrogen-bond acceptors (Lipinski definition) is 4. The van der Waals surface area contributed by atoms with Crippen molar-refractivity contribution in [2.75, 3.05) is 19.8 Å². The zero-order chi connectivity index (χ0) is 15.2. The molecule has 0 spiro atoms. The van der Waals surface area contributed by atoms with Gasteiger partial charge < -0.3 is 9.64 Å². The van der Waals surface area contributed by atoms with E-state index in [9.17, 15) is 4.79 Å². The third-order valence-electron chi connectivity index (χ3n) is 4.04. The molecule has 1 amide bonds. The number of nitrogens with zero attached hydrogens (tertiary/aromatic N) is 1. The lowest BCUT2D eigenvalue weighted by atomic mass is 10.1. The van der Waals surface area contributed by atoms with Crippen LogP contribution in [0.1, 0.15) is 22.6 Å². The molecule has 1 saturated heterocycles. The van der Waals surface area contributed by atoms with E-state index in [1.165, 1.54) is 4.88 Å². The predicted molar refractivity (Wildman–Crippen MR) is 91.6 cm³/mol. The largest absolute Gasteiger partial charge is 0.381 e. The molecule has 2 aromatic heterocycles. The second kappa shape index (κ2) is 7.90. The Kier molecular flexibility index (Phi) is 5.64. The van der Waals surface area contributed by atoms with E-state index < -0.39 is 0 Å². The highest BCUT2D eigenvalue weighted by molar-refractivity contribution is 7.10. The highest BCUT2D eigenvalue weighted by atomic mass is 32.1. The fourth-order valence-electron chi connectivity index (χ4n) is 2.86. The van der Waals surface area contributed by atoms with Gasteiger partial charge in [0, 0.05) is 35.6 Å². The van der Waals surface area contributed by atoms with E-state index in [1.54, 1.807) is 22.7 Å². The van der Waals surface area contributed by atoms with Crippen LogP contribution in [0.25, 0.3) is 0 Å². The maximum Gasteiger partial charge on any atom is 0.228 e. The molecule has 2 aromatic rings. The van der Waals surface area contributed by atoms with Crippen molar-refractivity contribution in [2.45, 2.75) is 31.7 Å². The Morgan fingerprint density at radius 3 is 2.45 bits per heavy atom. The molecule has 1 fully saturated rings. The second-order valence-corrected chi connectivity index (χ2v) is 7.58. The zero-order valence-corrected chi connectivity index (χ0v) is 14.2. The first-order valence-corrected chi connectivity index (χ1v) is 9.51. The average molecular weight is 335 g/mol. The molecular formula is C17H21NO2S2. The Bertz CT molecular complexity index is 560. The number of carbonyl (C=O) groups excluding carboxylic acids is 1. The van der Waals surface area contributed by atoms with Crippen molar-refractivity contribution in [3.05, 3.63) is 44.8 Å². The van der Waals surface area contributed by atoms with Crippen LogP contribution in [0.2, 0.25) is 0 Å². The normalized spacial score (nSPS) is 15.8. The van der Waals surface area contributed by atoms with E-state index in [4.69, 9.17) is 4.74 Å². The van der Waals surface area contributed by atoms with Crippen molar-refractivity contribution in [1.29, 1.82) is 0 Å². The van der Waals surface area contributed by atoms with Gasteiger partial charge in [0.15, 0.2) is 0 Å². The van der Waals surface area contributed by atoms with Crippen LogP contribution in [0.4, 0.5) is 0 Å². The summed E-state index contributed by atoms with van der Waals surface area (Å²) < 4.78 is 5.45. The van der Waals surface area contributed by atoms with E-state index in [-0.39, 0.29) is 5.91 Å². The Balaban J connectivity index is 1.65. The first kappa shape index (κ1) is 15.7. The smallest absolute Gasteiger partial charge is 0.228 e. The average Bonchev–Trinajstić information content (AvgIpc) is 3.22. The molecule has 0 N–H and O–H groups in total. The molecule has 0 radical (unpaired) electrons. The molecule has 3 heterocycles. The van der Waals surface area contributed by atoms with E-state index >= 15 is 0 Å². The lowest BCUT2D eigenvalue weighted by Crippen LogP contribution is -2.45. The van der Waals surface area contributed by atoms with Gasteiger partial charge in [-0.3, -0.25) is 4.79 Å². The minimum atomic E-state index is 0.255. The van der Waals surface area contributed by atoms with Gasteiger partial charge in [0.25, 0.3) is 0 Å². The highest BCUT2D eigenvalue weighted by Gasteiger charge is 2.25. The van der Waals surface area contributed by atoms with Crippen LogP contribution in [0.15, 0.2) is 35.0 Å². The number of thiophene rings is 2. The maximum atomic E-state index is 12.8. The summed E-state index contributed by atoms with van der Waals surface area (Å²) in [5, 5.41) is 4.13. The summed E-state index contributed by atoms with van der Waals surface area (Å²) in [4.78, 5) is 17.4. The zero-order valence-electron chi connectivity index (χ0n) is 12.6. The first-order chi connectivity index (χ1) is 10.8. The summed E-state index contributed by atoms with van der Waals surface area (Å²) >= 11 is 3.43. The first-order valence-electron chi connectivity index (χ1n) is 7.75. The molecule has 0 bridgehead atoms. The van der Waals surface area contributed by atoms with E-state index in [0.29, 0.717) is 12.5 Å². The van der Waals surface area contributed by atoms with Crippen LogP contribution in [0, 0.1) is 0 Å². The molecule has 0 unspecified atom stereocenters. The fraction of sp³-hybridized carbons (Fsp3) is 0.471. The molecule has 0 saturated carbocycles. The van der Waals surface area contributed by atoms with Gasteiger partial charge in [0.2, 0.25) is 5.91 Å². The molecule has 0 aromatic carbocycles. The molecule has 3 nitrogen and oxygen atoms in total. The van der Waals surface area contributed by atoms with Crippen LogP contribution in [0.3, 0.4) is 0 Å². The van der Waals surface area contributed by atoms with Crippen molar-refractivity contribution in [3.63, 3.8) is 0 Å². The quantitative estimate of drug-likeness (QED) is 0.807. The molecule has 1 aliphatic rings. The predicted octanol–water partition coefficient (Wildman–Crippen LogP) is 3.60. The number of rotatable bonds is 6. The summed E-state index contributed by atoms with van der Waals surface area (Å²) in [6.45, 7) is 2.36. The van der Waals surface area contributed by atoms with Crippen LogP contribution in [-0.2, 0) is 22.4 Å². The molecule has 0 aliphatic carbocycles. The molecule has 0 atom stereocenters. The molecule has 5 heteroatoms. The van der Waals surface area contributed by atoms with Crippen molar-refractivity contribution < 1.29 is 9.53 Å². The maximum absolute atomic E-state index is 12.8. The van der Waals surface area contributed by atoms with Crippen LogP contribution < -0.4 is 0 Å². The second-order valence-electron chi connectivity index (χ2n) is 5.52. The van der Waals surface area contributed by atoms with E-state index in [2.05, 4.69) is 22.4 Å². The number of ether oxygens (including phenoxy) is 1. The van der Waals surface area contributed by atoms with Crippen molar-refractivity contribution in [2.24, 2.45) is 0 Å². The Hall–Kier alpha value is -1.17. The molecular weight excluding hydrogens is 314 g/mol.